The van der Waals surface area contributed by atoms with Gasteiger partial charge >= 0.3 is 6.09 Å². The van der Waals surface area contributed by atoms with Gasteiger partial charge in [0.05, 0.1) is 11.0 Å². The van der Waals surface area contributed by atoms with E-state index in [0.717, 1.165) is 56.9 Å². The monoisotopic (exact) mass is 612 g/mol. The van der Waals surface area contributed by atoms with Gasteiger partial charge < -0.3 is 19.5 Å². The van der Waals surface area contributed by atoms with Crippen molar-refractivity contribution < 1.29 is 19.4 Å². The smallest absolute Gasteiger partial charge is 0.407 e. The number of likely N-dealkylation sites (tertiary alicyclic amines) is 1. The SMILES string of the molecule is CCSc1cc(O[C@H]2CCN(C(=O)O)C2)c2cc(C3CC3)c(Br)c(O[C@@H](C)C(C)(C)Cc3ccccc3)c2n1. The molecule has 1 aromatic heterocycles. The predicted molar refractivity (Wildman–Crippen MR) is 160 cm³/mol. The molecule has 39 heavy (non-hydrogen) atoms. The van der Waals surface area contributed by atoms with E-state index >= 15 is 0 Å². The van der Waals surface area contributed by atoms with Crippen molar-refractivity contribution in [3.05, 3.63) is 58.1 Å². The summed E-state index contributed by atoms with van der Waals surface area (Å²) in [6.07, 6.45) is 2.71. The zero-order valence-electron chi connectivity index (χ0n) is 23.1. The van der Waals surface area contributed by atoms with Gasteiger partial charge in [-0.3, -0.25) is 0 Å². The molecule has 1 aliphatic heterocycles. The summed E-state index contributed by atoms with van der Waals surface area (Å²) < 4.78 is 14.4. The Morgan fingerprint density at radius 2 is 1.97 bits per heavy atom. The Hall–Kier alpha value is -2.45. The number of ether oxygens (including phenoxy) is 2. The Morgan fingerprint density at radius 3 is 2.62 bits per heavy atom. The summed E-state index contributed by atoms with van der Waals surface area (Å²) in [4.78, 5) is 18.0. The predicted octanol–water partition coefficient (Wildman–Crippen LogP) is 8.15. The maximum absolute atomic E-state index is 11.5. The van der Waals surface area contributed by atoms with E-state index < -0.39 is 6.09 Å². The van der Waals surface area contributed by atoms with Crippen LogP contribution in [-0.2, 0) is 6.42 Å². The van der Waals surface area contributed by atoms with Crippen LogP contribution >= 0.6 is 27.7 Å². The van der Waals surface area contributed by atoms with Crippen LogP contribution < -0.4 is 9.47 Å². The molecule has 1 saturated carbocycles. The van der Waals surface area contributed by atoms with Gasteiger partial charge in [0.1, 0.15) is 28.5 Å². The molecule has 0 spiro atoms. The Labute approximate surface area is 243 Å². The van der Waals surface area contributed by atoms with Crippen molar-refractivity contribution in [3.63, 3.8) is 0 Å². The fraction of sp³-hybridized carbons (Fsp3) is 0.484. The standard InChI is InChI=1S/C31H37BrN2O4S/c1-5-39-26-16-25(38-22-13-14-34(18-22)30(35)36)24-15-23(21-11-12-21)27(32)29(28(24)33-26)37-19(2)31(3,4)17-20-9-7-6-8-10-20/h6-10,15-16,19,21-22H,5,11-14,17-18H2,1-4H3,(H,35,36)/t19-,22-/m0/s1. The Kier molecular flexibility index (Phi) is 8.34. The number of pyridine rings is 1. The van der Waals surface area contributed by atoms with E-state index in [1.165, 1.54) is 16.0 Å². The van der Waals surface area contributed by atoms with Gasteiger partial charge in [-0.25, -0.2) is 9.78 Å². The van der Waals surface area contributed by atoms with Crippen LogP contribution in [0.5, 0.6) is 11.5 Å². The summed E-state index contributed by atoms with van der Waals surface area (Å²) in [6.45, 7) is 9.61. The molecule has 6 nitrogen and oxygen atoms in total. The number of benzene rings is 2. The molecule has 2 heterocycles. The molecule has 1 amide bonds. The highest BCUT2D eigenvalue weighted by molar-refractivity contribution is 9.10. The van der Waals surface area contributed by atoms with E-state index in [-0.39, 0.29) is 17.6 Å². The lowest BCUT2D eigenvalue weighted by Gasteiger charge is -2.33. The van der Waals surface area contributed by atoms with Crippen LogP contribution in [0.3, 0.4) is 0 Å². The van der Waals surface area contributed by atoms with Gasteiger partial charge in [0.15, 0.2) is 5.75 Å². The van der Waals surface area contributed by atoms with Gasteiger partial charge in [0, 0.05) is 29.8 Å². The van der Waals surface area contributed by atoms with Crippen molar-refractivity contribution in [2.24, 2.45) is 5.41 Å². The summed E-state index contributed by atoms with van der Waals surface area (Å²) in [7, 11) is 0. The number of rotatable bonds is 10. The van der Waals surface area contributed by atoms with Crippen molar-refractivity contribution >= 4 is 44.7 Å². The number of carbonyl (C=O) groups is 1. The highest BCUT2D eigenvalue weighted by Crippen LogP contribution is 2.50. The quantitative estimate of drug-likeness (QED) is 0.233. The third-order valence-corrected chi connectivity index (χ3v) is 9.49. The topological polar surface area (TPSA) is 71.9 Å². The van der Waals surface area contributed by atoms with Crippen molar-refractivity contribution in [2.75, 3.05) is 18.8 Å². The lowest BCUT2D eigenvalue weighted by Crippen LogP contribution is -2.34. The minimum absolute atomic E-state index is 0.0840. The van der Waals surface area contributed by atoms with E-state index in [2.05, 4.69) is 74.0 Å². The number of hydrogen-bond donors (Lipinski definition) is 1. The van der Waals surface area contributed by atoms with Crippen molar-refractivity contribution in [2.45, 2.75) is 76.5 Å². The highest BCUT2D eigenvalue weighted by atomic mass is 79.9. The molecule has 1 saturated heterocycles. The molecule has 1 N–H and O–H groups in total. The molecule has 2 atom stereocenters. The summed E-state index contributed by atoms with van der Waals surface area (Å²) >= 11 is 5.59. The first kappa shape index (κ1) is 28.1. The van der Waals surface area contributed by atoms with E-state index in [1.807, 2.05) is 12.1 Å². The Balaban J connectivity index is 1.54. The Morgan fingerprint density at radius 1 is 1.23 bits per heavy atom. The largest absolute Gasteiger partial charge is 0.488 e. The maximum atomic E-state index is 11.5. The van der Waals surface area contributed by atoms with Crippen LogP contribution in [-0.4, -0.2) is 52.1 Å². The molecule has 2 aliphatic rings. The van der Waals surface area contributed by atoms with Crippen LogP contribution in [0.25, 0.3) is 10.9 Å². The molecule has 2 aromatic carbocycles. The Bertz CT molecular complexity index is 1350. The van der Waals surface area contributed by atoms with Crippen LogP contribution in [0.1, 0.15) is 64.0 Å². The van der Waals surface area contributed by atoms with Crippen LogP contribution in [0.15, 0.2) is 52.0 Å². The molecule has 2 fully saturated rings. The number of aromatic nitrogens is 1. The molecule has 0 radical (unpaired) electrons. The summed E-state index contributed by atoms with van der Waals surface area (Å²) in [5.41, 5.74) is 3.18. The molecule has 208 valence electrons. The van der Waals surface area contributed by atoms with E-state index in [9.17, 15) is 9.90 Å². The average molecular weight is 614 g/mol. The normalized spacial score (nSPS) is 18.4. The molecular formula is C31H37BrN2O4S. The molecule has 5 rings (SSSR count). The van der Waals surface area contributed by atoms with Gasteiger partial charge in [-0.15, -0.1) is 11.8 Å². The molecule has 0 bridgehead atoms. The first-order valence-corrected chi connectivity index (χ1v) is 15.6. The van der Waals surface area contributed by atoms with Crippen LogP contribution in [0.4, 0.5) is 4.79 Å². The number of fused-ring (bicyclic) bond motifs is 1. The maximum Gasteiger partial charge on any atom is 0.407 e. The minimum Gasteiger partial charge on any atom is -0.488 e. The number of halogens is 1. The van der Waals surface area contributed by atoms with Crippen molar-refractivity contribution in [3.8, 4) is 11.5 Å². The minimum atomic E-state index is -0.898. The number of carboxylic acid groups (broad SMARTS) is 1. The third-order valence-electron chi connectivity index (χ3n) is 7.88. The number of thioether (sulfide) groups is 1. The fourth-order valence-corrected chi connectivity index (χ4v) is 6.54. The average Bonchev–Trinajstić information content (AvgIpc) is 3.63. The third kappa shape index (κ3) is 6.32. The summed E-state index contributed by atoms with van der Waals surface area (Å²) in [5.74, 6) is 2.89. The van der Waals surface area contributed by atoms with Crippen LogP contribution in [0, 0.1) is 5.41 Å². The molecule has 0 unspecified atom stereocenters. The van der Waals surface area contributed by atoms with E-state index in [0.29, 0.717) is 25.4 Å². The second-order valence-corrected chi connectivity index (χ2v) is 13.4. The zero-order chi connectivity index (χ0) is 27.7. The van der Waals surface area contributed by atoms with E-state index in [4.69, 9.17) is 14.5 Å². The second kappa shape index (κ2) is 11.6. The fourth-order valence-electron chi connectivity index (χ4n) is 5.17. The van der Waals surface area contributed by atoms with Gasteiger partial charge in [0.2, 0.25) is 0 Å². The molecule has 1 aliphatic carbocycles. The van der Waals surface area contributed by atoms with Crippen molar-refractivity contribution in [1.29, 1.82) is 0 Å². The molecule has 8 heteroatoms. The van der Waals surface area contributed by atoms with E-state index in [1.54, 1.807) is 11.8 Å². The summed E-state index contributed by atoms with van der Waals surface area (Å²) in [5, 5.41) is 11.2. The molecular weight excluding hydrogens is 576 g/mol. The number of hydrogen-bond acceptors (Lipinski definition) is 5. The molecule has 3 aromatic rings. The lowest BCUT2D eigenvalue weighted by molar-refractivity contribution is 0.0894. The number of nitrogens with zero attached hydrogens (tertiary/aromatic N) is 2. The second-order valence-electron chi connectivity index (χ2n) is 11.3. The van der Waals surface area contributed by atoms with Gasteiger partial charge in [-0.05, 0) is 71.0 Å². The first-order valence-electron chi connectivity index (χ1n) is 13.8. The van der Waals surface area contributed by atoms with Crippen molar-refractivity contribution in [1.82, 2.24) is 9.88 Å². The lowest BCUT2D eigenvalue weighted by atomic mass is 9.81. The zero-order valence-corrected chi connectivity index (χ0v) is 25.5. The van der Waals surface area contributed by atoms with Gasteiger partial charge in [-0.1, -0.05) is 51.1 Å². The highest BCUT2D eigenvalue weighted by Gasteiger charge is 2.34. The summed E-state index contributed by atoms with van der Waals surface area (Å²) in [6, 6.07) is 14.8. The van der Waals surface area contributed by atoms with Gasteiger partial charge in [0.25, 0.3) is 0 Å². The number of amides is 1. The van der Waals surface area contributed by atoms with Crippen LogP contribution in [0.2, 0.25) is 0 Å². The van der Waals surface area contributed by atoms with Gasteiger partial charge in [-0.2, -0.15) is 0 Å². The first-order chi connectivity index (χ1) is 18.7.